The third-order valence-corrected chi connectivity index (χ3v) is 6.33. The topological polar surface area (TPSA) is 79.9 Å². The highest BCUT2D eigenvalue weighted by atomic mass is 19.2. The molecule has 5 nitrogen and oxygen atoms in total. The van der Waals surface area contributed by atoms with Gasteiger partial charge in [0.1, 0.15) is 11.6 Å². The van der Waals surface area contributed by atoms with Crippen LogP contribution in [-0.4, -0.2) is 37.6 Å². The van der Waals surface area contributed by atoms with Crippen molar-refractivity contribution in [3.8, 4) is 5.75 Å². The van der Waals surface area contributed by atoms with Gasteiger partial charge in [0, 0.05) is 37.4 Å². The maximum absolute atomic E-state index is 13.6. The van der Waals surface area contributed by atoms with E-state index in [1.54, 1.807) is 6.92 Å². The first-order chi connectivity index (χ1) is 19.6. The van der Waals surface area contributed by atoms with E-state index >= 15 is 0 Å². The summed E-state index contributed by atoms with van der Waals surface area (Å²) in [6, 6.07) is 6.87. The molecule has 0 fully saturated rings. The monoisotopic (exact) mass is 579 g/mol. The fourth-order valence-corrected chi connectivity index (χ4v) is 4.20. The Balaban J connectivity index is 0.000000832. The molecule has 2 aromatic rings. The number of ether oxygens (including phenoxy) is 1. The minimum Gasteiger partial charge on any atom is -0.494 e. The number of hydrogen-bond donors (Lipinski definition) is 3. The average Bonchev–Trinajstić information content (AvgIpc) is 2.93. The van der Waals surface area contributed by atoms with E-state index in [1.165, 1.54) is 25.7 Å². The molecule has 0 spiro atoms. The Bertz CT molecular complexity index is 1020. The molecule has 2 rings (SSSR count). The number of aliphatic hydroxyl groups is 1. The van der Waals surface area contributed by atoms with E-state index in [2.05, 4.69) is 44.4 Å². The van der Waals surface area contributed by atoms with Gasteiger partial charge in [-0.25, -0.2) is 13.2 Å². The summed E-state index contributed by atoms with van der Waals surface area (Å²) in [5.74, 6) is -1.33. The van der Waals surface area contributed by atoms with Crippen molar-refractivity contribution in [3.63, 3.8) is 0 Å². The molecule has 8 heteroatoms. The smallest absolute Gasteiger partial charge is 0.161 e. The molecule has 0 saturated carbocycles. The summed E-state index contributed by atoms with van der Waals surface area (Å²) in [6.45, 7) is 19.5. The maximum atomic E-state index is 13.6. The van der Waals surface area contributed by atoms with Crippen LogP contribution in [0.3, 0.4) is 0 Å². The van der Waals surface area contributed by atoms with Gasteiger partial charge in [-0.3, -0.25) is 4.99 Å². The van der Waals surface area contributed by atoms with Crippen molar-refractivity contribution in [2.24, 2.45) is 16.6 Å². The first kappa shape index (κ1) is 38.2. The van der Waals surface area contributed by atoms with Crippen LogP contribution in [-0.2, 0) is 6.42 Å². The largest absolute Gasteiger partial charge is 0.494 e. The zero-order chi connectivity index (χ0) is 31.2. The van der Waals surface area contributed by atoms with Crippen molar-refractivity contribution in [2.45, 2.75) is 92.0 Å². The second kappa shape index (κ2) is 22.8. The summed E-state index contributed by atoms with van der Waals surface area (Å²) in [6.07, 6.45) is 7.58. The maximum Gasteiger partial charge on any atom is 0.161 e. The fourth-order valence-electron chi connectivity index (χ4n) is 4.20. The Hall–Kier alpha value is -2.84. The second-order valence-electron chi connectivity index (χ2n) is 10.0. The molecule has 0 radical (unpaired) electrons. The van der Waals surface area contributed by atoms with Gasteiger partial charge >= 0.3 is 0 Å². The molecule has 2 aromatic carbocycles. The average molecular weight is 580 g/mol. The molecule has 0 aromatic heterocycles. The van der Waals surface area contributed by atoms with E-state index in [0.29, 0.717) is 12.5 Å². The lowest BCUT2D eigenvalue weighted by atomic mass is 9.95. The highest BCUT2D eigenvalue weighted by Gasteiger charge is 2.14. The number of nitrogens with one attached hydrogen (secondary N) is 1. The predicted molar refractivity (Wildman–Crippen MR) is 167 cm³/mol. The number of hydrogen-bond acceptors (Lipinski definition) is 5. The van der Waals surface area contributed by atoms with Crippen LogP contribution in [0.5, 0.6) is 5.75 Å². The lowest BCUT2D eigenvalue weighted by molar-refractivity contribution is 0.317. The van der Waals surface area contributed by atoms with Crippen molar-refractivity contribution < 1.29 is 23.0 Å². The fraction of sp³-hybridized carbons (Fsp3) is 0.545. The normalized spacial score (nSPS) is 11.8. The van der Waals surface area contributed by atoms with Gasteiger partial charge in [-0.1, -0.05) is 46.6 Å². The van der Waals surface area contributed by atoms with E-state index in [0.717, 1.165) is 60.7 Å². The first-order valence-electron chi connectivity index (χ1n) is 14.7. The van der Waals surface area contributed by atoms with Crippen LogP contribution in [0.15, 0.2) is 47.6 Å². The standard InChI is InChI=1S/C20H31F3N2.C11H15NO.C2H6O/c1-4-7-15(5-2)8-6-9-25-14(3)10-17(24)11-16-12-19(22)20(23)13-18(16)21;1-4-7-13-10-5-6-11(12-3)9(2)8-10;1-2-3/h12-13,15,17,25H,3-11,24H2,1-2H3;5-6,8H,3-4,7H2,1-2H3;3H,2H2,1H3. The Morgan fingerprint density at radius 2 is 1.68 bits per heavy atom. The second-order valence-corrected chi connectivity index (χ2v) is 10.0. The number of aliphatic hydroxyl groups excluding tert-OH is 1. The highest BCUT2D eigenvalue weighted by molar-refractivity contribution is 5.53. The van der Waals surface area contributed by atoms with Crippen LogP contribution >= 0.6 is 0 Å². The number of rotatable bonds is 16. The van der Waals surface area contributed by atoms with Crippen LogP contribution in [0.25, 0.3) is 0 Å². The zero-order valence-electron chi connectivity index (χ0n) is 25.7. The lowest BCUT2D eigenvalue weighted by Crippen LogP contribution is -2.27. The van der Waals surface area contributed by atoms with E-state index in [1.807, 2.05) is 25.1 Å². The van der Waals surface area contributed by atoms with Gasteiger partial charge in [0.15, 0.2) is 11.6 Å². The molecule has 0 bridgehead atoms. The molecule has 41 heavy (non-hydrogen) atoms. The van der Waals surface area contributed by atoms with Crippen molar-refractivity contribution in [2.75, 3.05) is 19.8 Å². The molecule has 232 valence electrons. The SMILES string of the molecule is C=C(CC(N)Cc1cc(F)c(F)cc1F)NCCCC(CC)CCC.C=Nc1ccc(OCCC)cc1C.CCO. The van der Waals surface area contributed by atoms with Gasteiger partial charge in [-0.05, 0) is 87.6 Å². The summed E-state index contributed by atoms with van der Waals surface area (Å²) >= 11 is 0. The highest BCUT2D eigenvalue weighted by Crippen LogP contribution is 2.23. The van der Waals surface area contributed by atoms with Crippen molar-refractivity contribution in [1.29, 1.82) is 0 Å². The molecule has 0 aliphatic rings. The van der Waals surface area contributed by atoms with Crippen LogP contribution < -0.4 is 15.8 Å². The van der Waals surface area contributed by atoms with Gasteiger partial charge in [0.25, 0.3) is 0 Å². The molecular weight excluding hydrogens is 527 g/mol. The minimum absolute atomic E-state index is 0.0875. The van der Waals surface area contributed by atoms with E-state index in [-0.39, 0.29) is 18.6 Å². The summed E-state index contributed by atoms with van der Waals surface area (Å²) in [5, 5.41) is 10.8. The molecule has 0 aliphatic heterocycles. The molecule has 2 unspecified atom stereocenters. The third kappa shape index (κ3) is 16.9. The molecule has 0 amide bonds. The number of aryl methyl sites for hydroxylation is 1. The molecule has 4 N–H and O–H groups in total. The van der Waals surface area contributed by atoms with Crippen LogP contribution in [0.1, 0.15) is 83.8 Å². The van der Waals surface area contributed by atoms with Gasteiger partial charge in [-0.15, -0.1) is 0 Å². The number of aliphatic imine (C=N–C) groups is 1. The quantitative estimate of drug-likeness (QED) is 0.106. The van der Waals surface area contributed by atoms with Gasteiger partial charge in [0.05, 0.1) is 12.3 Å². The van der Waals surface area contributed by atoms with E-state index in [9.17, 15) is 13.2 Å². The van der Waals surface area contributed by atoms with Gasteiger partial charge < -0.3 is 20.9 Å². The van der Waals surface area contributed by atoms with Crippen LogP contribution in [0.2, 0.25) is 0 Å². The Morgan fingerprint density at radius 1 is 1.02 bits per heavy atom. The van der Waals surface area contributed by atoms with E-state index < -0.39 is 23.5 Å². The number of halogens is 3. The summed E-state index contributed by atoms with van der Waals surface area (Å²) in [5.41, 5.74) is 8.89. The molecule has 0 heterocycles. The van der Waals surface area contributed by atoms with Crippen LogP contribution in [0.4, 0.5) is 18.9 Å². The molecule has 0 aliphatic carbocycles. The van der Waals surface area contributed by atoms with Crippen molar-refractivity contribution in [3.05, 3.63) is 71.2 Å². The number of benzene rings is 2. The molecule has 0 saturated heterocycles. The zero-order valence-corrected chi connectivity index (χ0v) is 25.7. The first-order valence-corrected chi connectivity index (χ1v) is 14.7. The lowest BCUT2D eigenvalue weighted by Gasteiger charge is -2.17. The Labute approximate surface area is 246 Å². The third-order valence-electron chi connectivity index (χ3n) is 6.33. The summed E-state index contributed by atoms with van der Waals surface area (Å²) in [4.78, 5) is 3.89. The van der Waals surface area contributed by atoms with Crippen molar-refractivity contribution in [1.82, 2.24) is 5.32 Å². The van der Waals surface area contributed by atoms with E-state index in [4.69, 9.17) is 15.6 Å². The summed E-state index contributed by atoms with van der Waals surface area (Å²) < 4.78 is 45.3. The number of nitrogens with two attached hydrogens (primary N) is 1. The van der Waals surface area contributed by atoms with Crippen LogP contribution in [0, 0.1) is 30.3 Å². The van der Waals surface area contributed by atoms with Gasteiger partial charge in [-0.2, -0.15) is 0 Å². The Morgan fingerprint density at radius 3 is 2.24 bits per heavy atom. The number of nitrogens with zero attached hydrogens (tertiary/aromatic N) is 1. The molecular formula is C33H52F3N3O2. The van der Waals surface area contributed by atoms with Gasteiger partial charge in [0.2, 0.25) is 0 Å². The predicted octanol–water partition coefficient (Wildman–Crippen LogP) is 8.19. The molecule has 2 atom stereocenters. The minimum atomic E-state index is -1.19. The van der Waals surface area contributed by atoms with Crippen molar-refractivity contribution >= 4 is 12.4 Å². The summed E-state index contributed by atoms with van der Waals surface area (Å²) in [7, 11) is 0. The Kier molecular flexibility index (Phi) is 21.2.